The van der Waals surface area contributed by atoms with E-state index < -0.39 is 0 Å². The smallest absolute Gasteiger partial charge is 0.257 e. The fraction of sp³-hybridized carbons (Fsp3) is 0.308. The number of aromatic nitrogens is 2. The summed E-state index contributed by atoms with van der Waals surface area (Å²) in [5, 5.41) is 10.4. The second kappa shape index (κ2) is 10.4. The molecule has 1 saturated heterocycles. The van der Waals surface area contributed by atoms with Crippen LogP contribution < -0.4 is 10.1 Å². The van der Waals surface area contributed by atoms with Crippen LogP contribution in [0.15, 0.2) is 60.1 Å². The fourth-order valence-corrected chi connectivity index (χ4v) is 3.93. The summed E-state index contributed by atoms with van der Waals surface area (Å²) in [5.74, 6) is 0.698. The Balaban J connectivity index is 1.48. The molecule has 0 unspecified atom stereocenters. The Morgan fingerprint density at radius 2 is 1.97 bits per heavy atom. The quantitative estimate of drug-likeness (QED) is 0.421. The first-order valence-electron chi connectivity index (χ1n) is 11.3. The number of pyridine rings is 2. The molecule has 0 radical (unpaired) electrons. The second-order valence-corrected chi connectivity index (χ2v) is 8.62. The molecule has 3 aromatic rings. The molecule has 34 heavy (non-hydrogen) atoms. The van der Waals surface area contributed by atoms with Crippen molar-refractivity contribution in [3.05, 3.63) is 66.1 Å². The molecule has 1 aromatic carbocycles. The lowest BCUT2D eigenvalue weighted by Crippen LogP contribution is -2.35. The molecule has 0 spiro atoms. The minimum atomic E-state index is -0.256. The molecule has 0 aliphatic carbocycles. The van der Waals surface area contributed by atoms with Gasteiger partial charge in [0, 0.05) is 62.5 Å². The molecule has 8 nitrogen and oxygen atoms in total. The maximum absolute atomic E-state index is 12.9. The summed E-state index contributed by atoms with van der Waals surface area (Å²) in [7, 11) is 3.94. The van der Waals surface area contributed by atoms with Crippen LogP contribution in [0.1, 0.15) is 35.7 Å². The van der Waals surface area contributed by atoms with Gasteiger partial charge in [-0.15, -0.1) is 0 Å². The van der Waals surface area contributed by atoms with Gasteiger partial charge < -0.3 is 15.0 Å². The SMILES string of the molecule is C=NN(C)/C=C(\C)c1ccc2cnc(NC(=O)c3ccnc(OC4CCN(C)CC4)c3)cc2c1. The van der Waals surface area contributed by atoms with E-state index in [1.807, 2.05) is 38.4 Å². The predicted octanol–water partition coefficient (Wildman–Crippen LogP) is 4.26. The number of carbonyl (C=O) groups is 1. The highest BCUT2D eigenvalue weighted by Gasteiger charge is 2.19. The molecule has 176 valence electrons. The van der Waals surface area contributed by atoms with Gasteiger partial charge in [0.1, 0.15) is 11.9 Å². The third-order valence-electron chi connectivity index (χ3n) is 5.97. The van der Waals surface area contributed by atoms with E-state index in [0.717, 1.165) is 47.8 Å². The minimum absolute atomic E-state index is 0.123. The van der Waals surface area contributed by atoms with Gasteiger partial charge in [0.15, 0.2) is 0 Å². The summed E-state index contributed by atoms with van der Waals surface area (Å²) in [4.78, 5) is 23.9. The van der Waals surface area contributed by atoms with E-state index in [0.29, 0.717) is 17.3 Å². The monoisotopic (exact) mass is 458 g/mol. The molecular weight excluding hydrogens is 428 g/mol. The average molecular weight is 459 g/mol. The van der Waals surface area contributed by atoms with Crippen LogP contribution >= 0.6 is 0 Å². The molecule has 1 fully saturated rings. The number of allylic oxidation sites excluding steroid dienone is 1. The largest absolute Gasteiger partial charge is 0.474 e. The molecule has 1 amide bonds. The van der Waals surface area contributed by atoms with E-state index in [9.17, 15) is 4.79 Å². The number of anilines is 1. The lowest BCUT2D eigenvalue weighted by molar-refractivity contribution is 0.101. The van der Waals surface area contributed by atoms with Crippen molar-refractivity contribution >= 4 is 34.8 Å². The predicted molar refractivity (Wildman–Crippen MR) is 136 cm³/mol. The zero-order chi connectivity index (χ0) is 24.1. The van der Waals surface area contributed by atoms with Gasteiger partial charge in [-0.3, -0.25) is 9.80 Å². The summed E-state index contributed by atoms with van der Waals surface area (Å²) in [5.41, 5.74) is 2.58. The van der Waals surface area contributed by atoms with Crippen molar-refractivity contribution in [3.63, 3.8) is 0 Å². The van der Waals surface area contributed by atoms with Crippen LogP contribution in [0.5, 0.6) is 5.88 Å². The van der Waals surface area contributed by atoms with Gasteiger partial charge >= 0.3 is 0 Å². The van der Waals surface area contributed by atoms with Crippen LogP contribution in [0.2, 0.25) is 0 Å². The number of nitrogens with zero attached hydrogens (tertiary/aromatic N) is 5. The van der Waals surface area contributed by atoms with Gasteiger partial charge in [-0.2, -0.15) is 5.10 Å². The van der Waals surface area contributed by atoms with Crippen LogP contribution in [0.4, 0.5) is 5.82 Å². The Morgan fingerprint density at radius 1 is 1.18 bits per heavy atom. The number of fused-ring (bicyclic) bond motifs is 1. The van der Waals surface area contributed by atoms with E-state index in [1.54, 1.807) is 29.5 Å². The molecule has 1 aliphatic heterocycles. The number of nitrogens with one attached hydrogen (secondary N) is 1. The van der Waals surface area contributed by atoms with E-state index >= 15 is 0 Å². The lowest BCUT2D eigenvalue weighted by atomic mass is 10.0. The molecule has 1 N–H and O–H groups in total. The summed E-state index contributed by atoms with van der Waals surface area (Å²) in [6.07, 6.45) is 7.29. The highest BCUT2D eigenvalue weighted by molar-refractivity contribution is 6.04. The number of hydrogen-bond acceptors (Lipinski definition) is 7. The van der Waals surface area contributed by atoms with Crippen molar-refractivity contribution in [2.45, 2.75) is 25.9 Å². The van der Waals surface area contributed by atoms with Gasteiger partial charge in [0.25, 0.3) is 5.91 Å². The van der Waals surface area contributed by atoms with Crippen LogP contribution in [-0.4, -0.2) is 65.8 Å². The summed E-state index contributed by atoms with van der Waals surface area (Å²) >= 11 is 0. The molecule has 4 rings (SSSR count). The first kappa shape index (κ1) is 23.4. The van der Waals surface area contributed by atoms with Crippen molar-refractivity contribution in [2.75, 3.05) is 32.5 Å². The van der Waals surface area contributed by atoms with Gasteiger partial charge in [-0.1, -0.05) is 12.1 Å². The number of piperidine rings is 1. The fourth-order valence-electron chi connectivity index (χ4n) is 3.93. The number of rotatable bonds is 7. The zero-order valence-corrected chi connectivity index (χ0v) is 19.9. The normalized spacial score (nSPS) is 15.2. The third-order valence-corrected chi connectivity index (χ3v) is 5.97. The van der Waals surface area contributed by atoms with Crippen molar-refractivity contribution in [1.82, 2.24) is 19.9 Å². The minimum Gasteiger partial charge on any atom is -0.474 e. The van der Waals surface area contributed by atoms with Crippen molar-refractivity contribution in [1.29, 1.82) is 0 Å². The summed E-state index contributed by atoms with van der Waals surface area (Å²) < 4.78 is 6.02. The topological polar surface area (TPSA) is 83.0 Å². The molecule has 8 heteroatoms. The van der Waals surface area contributed by atoms with E-state index in [4.69, 9.17) is 4.74 Å². The number of amides is 1. The lowest BCUT2D eigenvalue weighted by Gasteiger charge is -2.28. The van der Waals surface area contributed by atoms with Crippen LogP contribution in [0.25, 0.3) is 16.3 Å². The van der Waals surface area contributed by atoms with Gasteiger partial charge in [0.05, 0.1) is 0 Å². The van der Waals surface area contributed by atoms with E-state index in [1.165, 1.54) is 0 Å². The van der Waals surface area contributed by atoms with E-state index in [2.05, 4.69) is 45.1 Å². The molecule has 2 aromatic heterocycles. The van der Waals surface area contributed by atoms with Gasteiger partial charge in [-0.05, 0) is 61.5 Å². The molecular formula is C26H30N6O2. The Labute approximate surface area is 200 Å². The highest BCUT2D eigenvalue weighted by Crippen LogP contribution is 2.24. The zero-order valence-electron chi connectivity index (χ0n) is 19.9. The number of ether oxygens (including phenoxy) is 1. The molecule has 3 heterocycles. The van der Waals surface area contributed by atoms with Crippen molar-refractivity contribution in [2.24, 2.45) is 5.10 Å². The van der Waals surface area contributed by atoms with Gasteiger partial charge in [0.2, 0.25) is 5.88 Å². The van der Waals surface area contributed by atoms with Crippen molar-refractivity contribution in [3.8, 4) is 5.88 Å². The van der Waals surface area contributed by atoms with Crippen molar-refractivity contribution < 1.29 is 9.53 Å². The Kier molecular flexibility index (Phi) is 7.18. The Hall–Kier alpha value is -3.78. The first-order valence-corrected chi connectivity index (χ1v) is 11.3. The van der Waals surface area contributed by atoms with Crippen LogP contribution in [0, 0.1) is 0 Å². The third kappa shape index (κ3) is 5.77. The average Bonchev–Trinajstić information content (AvgIpc) is 2.85. The second-order valence-electron chi connectivity index (χ2n) is 8.62. The number of likely N-dealkylation sites (tertiary alicyclic amines) is 1. The molecule has 0 atom stereocenters. The number of carbonyl (C=O) groups excluding carboxylic acids is 1. The van der Waals surface area contributed by atoms with Crippen LogP contribution in [0.3, 0.4) is 0 Å². The maximum Gasteiger partial charge on any atom is 0.257 e. The number of hydrazone groups is 1. The maximum atomic E-state index is 12.9. The van der Waals surface area contributed by atoms with Crippen LogP contribution in [-0.2, 0) is 0 Å². The standard InChI is InChI=1S/C26H30N6O2/c1-18(17-32(4)27-2)19-5-6-21-16-29-24(14-22(21)13-19)30-26(33)20-7-10-28-25(15-20)34-23-8-11-31(3)12-9-23/h5-7,10,13-17,23H,2,8-9,11-12H2,1,3-4H3,(H,29,30,33)/b18-17+. The first-order chi connectivity index (χ1) is 16.4. The summed E-state index contributed by atoms with van der Waals surface area (Å²) in [6.45, 7) is 7.54. The number of benzene rings is 1. The van der Waals surface area contributed by atoms with E-state index in [-0.39, 0.29) is 12.0 Å². The Morgan fingerprint density at radius 3 is 2.74 bits per heavy atom. The number of hydrogen-bond donors (Lipinski definition) is 1. The van der Waals surface area contributed by atoms with Gasteiger partial charge in [-0.25, -0.2) is 9.97 Å². The Bertz CT molecular complexity index is 1220. The summed E-state index contributed by atoms with van der Waals surface area (Å²) in [6, 6.07) is 11.3. The molecule has 1 aliphatic rings. The molecule has 0 saturated carbocycles. The highest BCUT2D eigenvalue weighted by atomic mass is 16.5. The molecule has 0 bridgehead atoms.